The van der Waals surface area contributed by atoms with Gasteiger partial charge in [0.05, 0.1) is 18.0 Å². The van der Waals surface area contributed by atoms with E-state index in [1.54, 1.807) is 26.8 Å². The molecule has 1 aliphatic rings. The molecule has 0 atom stereocenters. The number of anilines is 1. The molecule has 0 bridgehead atoms. The molecule has 0 saturated carbocycles. The van der Waals surface area contributed by atoms with Gasteiger partial charge in [-0.2, -0.15) is 0 Å². The Bertz CT molecular complexity index is 1280. The van der Waals surface area contributed by atoms with Gasteiger partial charge in [0.1, 0.15) is 11.4 Å². The van der Waals surface area contributed by atoms with Crippen molar-refractivity contribution in [3.63, 3.8) is 0 Å². The van der Waals surface area contributed by atoms with Crippen molar-refractivity contribution in [1.29, 1.82) is 0 Å². The lowest BCUT2D eigenvalue weighted by molar-refractivity contribution is -0.113. The summed E-state index contributed by atoms with van der Waals surface area (Å²) in [5.41, 5.74) is 2.89. The summed E-state index contributed by atoms with van der Waals surface area (Å²) in [6, 6.07) is 11.4. The molecule has 0 aliphatic carbocycles. The van der Waals surface area contributed by atoms with E-state index in [1.807, 2.05) is 69.6 Å². The number of amidine groups is 1. The maximum Gasteiger partial charge on any atom is 0.296 e. The molecule has 0 N–H and O–H groups in total. The smallest absolute Gasteiger partial charge is 0.296 e. The molecule has 3 heterocycles. The van der Waals surface area contributed by atoms with E-state index in [-0.39, 0.29) is 11.5 Å². The highest BCUT2D eigenvalue weighted by atomic mass is 32.2. The lowest BCUT2D eigenvalue weighted by Crippen LogP contribution is -2.35. The minimum atomic E-state index is -0.298. The Morgan fingerprint density at radius 3 is 2.58 bits per heavy atom. The van der Waals surface area contributed by atoms with Crippen molar-refractivity contribution in [3.8, 4) is 5.69 Å². The van der Waals surface area contributed by atoms with Crippen LogP contribution < -0.4 is 10.5 Å². The minimum Gasteiger partial charge on any atom is -0.381 e. The first-order valence-corrected chi connectivity index (χ1v) is 12.5. The number of ether oxygens (including phenoxy) is 1. The van der Waals surface area contributed by atoms with Crippen molar-refractivity contribution in [2.24, 2.45) is 12.0 Å². The molecule has 33 heavy (non-hydrogen) atoms. The van der Waals surface area contributed by atoms with Crippen LogP contribution in [-0.4, -0.2) is 39.4 Å². The number of carbonyl (C=O) groups excluding carboxylic acids is 1. The van der Waals surface area contributed by atoms with Crippen LogP contribution in [0.4, 0.5) is 5.69 Å². The second kappa shape index (κ2) is 9.94. The number of nitrogens with zero attached hydrogens (tertiary/aromatic N) is 4. The number of aliphatic imine (C=N–C) groups is 1. The number of aromatic nitrogens is 2. The number of carbonyl (C=O) groups is 1. The standard InChI is InChI=1S/C24H26N4O3S2/c1-5-31-12-14-33-24-25-19(15-20-16(2)11-13-32-20)22(29)27(24)21-17(3)26(4)28(23(21)30)18-9-7-6-8-10-18/h6-11,13,15H,5,12,14H2,1-4H3/b19-15+. The van der Waals surface area contributed by atoms with Gasteiger partial charge in [-0.3, -0.25) is 14.3 Å². The fourth-order valence-electron chi connectivity index (χ4n) is 3.59. The molecule has 1 aliphatic heterocycles. The second-order valence-corrected chi connectivity index (χ2v) is 9.50. The Kier molecular flexibility index (Phi) is 7.02. The molecule has 4 rings (SSSR count). The predicted octanol–water partition coefficient (Wildman–Crippen LogP) is 4.37. The Morgan fingerprint density at radius 1 is 1.15 bits per heavy atom. The maximum atomic E-state index is 13.6. The monoisotopic (exact) mass is 482 g/mol. The van der Waals surface area contributed by atoms with E-state index in [4.69, 9.17) is 4.74 Å². The van der Waals surface area contributed by atoms with Crippen LogP contribution in [0.5, 0.6) is 0 Å². The van der Waals surface area contributed by atoms with Crippen LogP contribution in [0.25, 0.3) is 11.8 Å². The van der Waals surface area contributed by atoms with E-state index in [0.29, 0.717) is 41.2 Å². The van der Waals surface area contributed by atoms with Crippen LogP contribution in [0.2, 0.25) is 0 Å². The normalized spacial score (nSPS) is 15.0. The fraction of sp³-hybridized carbons (Fsp3) is 0.292. The van der Waals surface area contributed by atoms with Crippen LogP contribution in [-0.2, 0) is 16.6 Å². The third-order valence-corrected chi connectivity index (χ3v) is 7.28. The molecule has 0 spiro atoms. The van der Waals surface area contributed by atoms with E-state index in [0.717, 1.165) is 16.1 Å². The topological polar surface area (TPSA) is 68.8 Å². The Balaban J connectivity index is 1.79. The van der Waals surface area contributed by atoms with Crippen LogP contribution in [0.3, 0.4) is 0 Å². The number of amides is 1. The quantitative estimate of drug-likeness (QED) is 0.371. The summed E-state index contributed by atoms with van der Waals surface area (Å²) >= 11 is 2.97. The zero-order valence-corrected chi connectivity index (χ0v) is 20.7. The van der Waals surface area contributed by atoms with Crippen molar-refractivity contribution in [2.45, 2.75) is 20.8 Å². The SMILES string of the molecule is CCOCCSC1=N/C(=C/c2sccc2C)C(=O)N1c1c(C)n(C)n(-c2ccccc2)c1=O. The van der Waals surface area contributed by atoms with Gasteiger partial charge < -0.3 is 4.74 Å². The fourth-order valence-corrected chi connectivity index (χ4v) is 5.30. The summed E-state index contributed by atoms with van der Waals surface area (Å²) in [5, 5.41) is 2.48. The molecule has 0 radical (unpaired) electrons. The van der Waals surface area contributed by atoms with Crippen LogP contribution in [0, 0.1) is 13.8 Å². The lowest BCUT2D eigenvalue weighted by atomic mass is 10.2. The molecule has 0 fully saturated rings. The van der Waals surface area contributed by atoms with Gasteiger partial charge in [0.2, 0.25) is 0 Å². The Labute approximate surface area is 201 Å². The molecule has 1 aromatic carbocycles. The van der Waals surface area contributed by atoms with E-state index in [1.165, 1.54) is 16.7 Å². The van der Waals surface area contributed by atoms with Gasteiger partial charge in [0, 0.05) is 24.3 Å². The van der Waals surface area contributed by atoms with Crippen molar-refractivity contribution in [2.75, 3.05) is 23.9 Å². The summed E-state index contributed by atoms with van der Waals surface area (Å²) < 4.78 is 8.80. The van der Waals surface area contributed by atoms with Gasteiger partial charge in [-0.15, -0.1) is 11.3 Å². The molecular weight excluding hydrogens is 456 g/mol. The third kappa shape index (κ3) is 4.48. The summed E-state index contributed by atoms with van der Waals surface area (Å²) in [6.45, 7) is 6.95. The van der Waals surface area contributed by atoms with Gasteiger partial charge in [0.15, 0.2) is 5.17 Å². The van der Waals surface area contributed by atoms with Crippen molar-refractivity contribution in [1.82, 2.24) is 9.36 Å². The number of aryl methyl sites for hydroxylation is 1. The van der Waals surface area contributed by atoms with E-state index < -0.39 is 0 Å². The zero-order chi connectivity index (χ0) is 23.5. The van der Waals surface area contributed by atoms with E-state index >= 15 is 0 Å². The van der Waals surface area contributed by atoms with Crippen LogP contribution in [0.15, 0.2) is 57.3 Å². The molecule has 1 amide bonds. The first kappa shape index (κ1) is 23.3. The molecule has 2 aromatic heterocycles. The van der Waals surface area contributed by atoms with Gasteiger partial charge in [-0.1, -0.05) is 30.0 Å². The molecule has 7 nitrogen and oxygen atoms in total. The largest absolute Gasteiger partial charge is 0.381 e. The highest BCUT2D eigenvalue weighted by molar-refractivity contribution is 8.14. The van der Waals surface area contributed by atoms with Crippen molar-refractivity contribution >= 4 is 45.9 Å². The van der Waals surface area contributed by atoms with Gasteiger partial charge in [0.25, 0.3) is 11.5 Å². The number of rotatable bonds is 7. The maximum absolute atomic E-state index is 13.6. The van der Waals surface area contributed by atoms with Gasteiger partial charge in [-0.05, 0) is 56.0 Å². The van der Waals surface area contributed by atoms with Gasteiger partial charge >= 0.3 is 0 Å². The highest BCUT2D eigenvalue weighted by Crippen LogP contribution is 2.31. The molecule has 172 valence electrons. The number of hydrogen-bond acceptors (Lipinski definition) is 6. The molecule has 3 aromatic rings. The summed E-state index contributed by atoms with van der Waals surface area (Å²) in [7, 11) is 1.82. The number of thiophene rings is 1. The van der Waals surface area contributed by atoms with E-state index in [2.05, 4.69) is 4.99 Å². The average molecular weight is 483 g/mol. The molecule has 0 unspecified atom stereocenters. The van der Waals surface area contributed by atoms with Gasteiger partial charge in [-0.25, -0.2) is 14.6 Å². The zero-order valence-electron chi connectivity index (χ0n) is 19.1. The predicted molar refractivity (Wildman–Crippen MR) is 137 cm³/mol. The van der Waals surface area contributed by atoms with Crippen LogP contribution >= 0.6 is 23.1 Å². The highest BCUT2D eigenvalue weighted by Gasteiger charge is 2.36. The molecule has 0 saturated heterocycles. The van der Waals surface area contributed by atoms with Crippen molar-refractivity contribution in [3.05, 3.63) is 74.0 Å². The average Bonchev–Trinajstić information content (AvgIpc) is 3.42. The summed E-state index contributed by atoms with van der Waals surface area (Å²) in [6.07, 6.45) is 1.80. The number of hydrogen-bond donors (Lipinski definition) is 0. The number of thioether (sulfide) groups is 1. The summed E-state index contributed by atoms with van der Waals surface area (Å²) in [5.74, 6) is 0.327. The molecular formula is C24H26N4O3S2. The van der Waals surface area contributed by atoms with Crippen LogP contribution in [0.1, 0.15) is 23.1 Å². The first-order valence-electron chi connectivity index (χ1n) is 10.7. The first-order chi connectivity index (χ1) is 15.9. The Hall–Kier alpha value is -2.88. The second-order valence-electron chi connectivity index (χ2n) is 7.49. The number of para-hydroxylation sites is 1. The Morgan fingerprint density at radius 2 is 1.91 bits per heavy atom. The van der Waals surface area contributed by atoms with E-state index in [9.17, 15) is 9.59 Å². The molecule has 9 heteroatoms. The number of benzene rings is 1. The summed E-state index contributed by atoms with van der Waals surface area (Å²) in [4.78, 5) is 34.2. The lowest BCUT2D eigenvalue weighted by Gasteiger charge is -2.16. The minimum absolute atomic E-state index is 0.263. The third-order valence-electron chi connectivity index (χ3n) is 5.41. The van der Waals surface area contributed by atoms with Crippen molar-refractivity contribution < 1.29 is 9.53 Å².